The second-order valence-corrected chi connectivity index (χ2v) is 6.78. The number of hydrogen-bond donors (Lipinski definition) is 1. The van der Waals surface area contributed by atoms with Crippen molar-refractivity contribution >= 4 is 17.7 Å². The number of carbonyl (C=O) groups excluding carboxylic acids is 1. The van der Waals surface area contributed by atoms with Crippen LogP contribution in [0.1, 0.15) is 29.9 Å². The second kappa shape index (κ2) is 7.85. The van der Waals surface area contributed by atoms with Crippen LogP contribution in [0.4, 0.5) is 0 Å². The number of likely N-dealkylation sites (N-methyl/N-ethyl adjacent to an activating group) is 1. The number of nitrogens with zero attached hydrogens (tertiary/aromatic N) is 3. The van der Waals surface area contributed by atoms with Gasteiger partial charge in [-0.1, -0.05) is 13.8 Å². The first-order valence-corrected chi connectivity index (χ1v) is 9.61. The predicted molar refractivity (Wildman–Crippen MR) is 99.1 cm³/mol. The molecule has 24 heavy (non-hydrogen) atoms. The van der Waals surface area contributed by atoms with Crippen LogP contribution in [-0.4, -0.2) is 46.5 Å². The molecule has 6 heteroatoms. The molecule has 3 rings (SSSR count). The molecule has 0 unspecified atom stereocenters. The highest BCUT2D eigenvalue weighted by Crippen LogP contribution is 2.34. The summed E-state index contributed by atoms with van der Waals surface area (Å²) in [6, 6.07) is 5.99. The van der Waals surface area contributed by atoms with E-state index in [1.54, 1.807) is 6.20 Å². The van der Waals surface area contributed by atoms with Crippen molar-refractivity contribution in [2.75, 3.05) is 26.2 Å². The van der Waals surface area contributed by atoms with Crippen LogP contribution in [0.3, 0.4) is 0 Å². The Labute approximate surface area is 147 Å². The van der Waals surface area contributed by atoms with E-state index in [0.29, 0.717) is 6.54 Å². The average Bonchev–Trinajstić information content (AvgIpc) is 3.21. The largest absolute Gasteiger partial charge is 0.351 e. The van der Waals surface area contributed by atoms with Crippen LogP contribution in [0.2, 0.25) is 0 Å². The fourth-order valence-corrected chi connectivity index (χ4v) is 4.11. The molecule has 0 saturated carbocycles. The van der Waals surface area contributed by atoms with Crippen LogP contribution in [0, 0.1) is 0 Å². The molecule has 1 amide bonds. The standard InChI is InChI=1S/C18H24N4OS/c1-3-21(4-2)9-8-20-18(23)15-10-16(14-6-5-7-19-11-14)22-13-24-12-17(15)22/h5-7,10-11H,3-4,8-9,12-13H2,1-2H3,(H,20,23). The van der Waals surface area contributed by atoms with Gasteiger partial charge < -0.3 is 14.8 Å². The molecule has 128 valence electrons. The van der Waals surface area contributed by atoms with Crippen LogP contribution in [0.25, 0.3) is 11.3 Å². The molecular weight excluding hydrogens is 320 g/mol. The highest BCUT2D eigenvalue weighted by atomic mass is 32.2. The lowest BCUT2D eigenvalue weighted by Crippen LogP contribution is -2.34. The SMILES string of the molecule is CCN(CC)CCNC(=O)c1cc(-c2cccnc2)n2c1CSC2. The maximum atomic E-state index is 12.6. The van der Waals surface area contributed by atoms with Gasteiger partial charge in [0.15, 0.2) is 0 Å². The van der Waals surface area contributed by atoms with E-state index in [0.717, 1.165) is 53.8 Å². The number of hydrogen-bond acceptors (Lipinski definition) is 4. The van der Waals surface area contributed by atoms with Gasteiger partial charge in [-0.2, -0.15) is 0 Å². The smallest absolute Gasteiger partial charge is 0.253 e. The van der Waals surface area contributed by atoms with Gasteiger partial charge in [0.25, 0.3) is 5.91 Å². The molecule has 2 aromatic rings. The highest BCUT2D eigenvalue weighted by molar-refractivity contribution is 7.97. The lowest BCUT2D eigenvalue weighted by atomic mass is 10.2. The monoisotopic (exact) mass is 344 g/mol. The van der Waals surface area contributed by atoms with E-state index in [-0.39, 0.29) is 5.91 Å². The Hall–Kier alpha value is -1.79. The summed E-state index contributed by atoms with van der Waals surface area (Å²) in [4.78, 5) is 19.1. The Kier molecular flexibility index (Phi) is 5.58. The minimum absolute atomic E-state index is 0.0311. The summed E-state index contributed by atoms with van der Waals surface area (Å²) in [7, 11) is 0. The molecule has 1 N–H and O–H groups in total. The van der Waals surface area contributed by atoms with Gasteiger partial charge in [0.05, 0.1) is 17.1 Å². The lowest BCUT2D eigenvalue weighted by molar-refractivity contribution is 0.0948. The molecule has 0 bridgehead atoms. The Balaban J connectivity index is 1.76. The van der Waals surface area contributed by atoms with Gasteiger partial charge in [-0.15, -0.1) is 11.8 Å². The summed E-state index contributed by atoms with van der Waals surface area (Å²) in [6.07, 6.45) is 3.63. The number of nitrogens with one attached hydrogen (secondary N) is 1. The molecular formula is C18H24N4OS. The van der Waals surface area contributed by atoms with E-state index in [1.165, 1.54) is 0 Å². The van der Waals surface area contributed by atoms with Crippen molar-refractivity contribution < 1.29 is 4.79 Å². The van der Waals surface area contributed by atoms with Crippen molar-refractivity contribution in [1.82, 2.24) is 19.8 Å². The first kappa shape index (κ1) is 17.0. The number of carbonyl (C=O) groups is 1. The molecule has 1 aliphatic rings. The van der Waals surface area contributed by atoms with Gasteiger partial charge in [0, 0.05) is 42.5 Å². The molecule has 1 aliphatic heterocycles. The summed E-state index contributed by atoms with van der Waals surface area (Å²) >= 11 is 1.84. The zero-order chi connectivity index (χ0) is 16.9. The number of aromatic nitrogens is 2. The molecule has 0 fully saturated rings. The van der Waals surface area contributed by atoms with Crippen LogP contribution < -0.4 is 5.32 Å². The normalized spacial score (nSPS) is 13.3. The van der Waals surface area contributed by atoms with Gasteiger partial charge in [-0.05, 0) is 31.3 Å². The van der Waals surface area contributed by atoms with E-state index in [1.807, 2.05) is 36.2 Å². The van der Waals surface area contributed by atoms with Crippen LogP contribution >= 0.6 is 11.8 Å². The van der Waals surface area contributed by atoms with Gasteiger partial charge in [-0.25, -0.2) is 0 Å². The van der Waals surface area contributed by atoms with Crippen molar-refractivity contribution in [2.24, 2.45) is 0 Å². The summed E-state index contributed by atoms with van der Waals surface area (Å²) < 4.78 is 2.24. The van der Waals surface area contributed by atoms with Crippen LogP contribution in [0.5, 0.6) is 0 Å². The van der Waals surface area contributed by atoms with Crippen molar-refractivity contribution in [3.05, 3.63) is 41.9 Å². The predicted octanol–water partition coefficient (Wildman–Crippen LogP) is 2.83. The maximum absolute atomic E-state index is 12.6. The average molecular weight is 344 g/mol. The third kappa shape index (κ3) is 3.49. The third-order valence-corrected chi connectivity index (χ3v) is 5.40. The van der Waals surface area contributed by atoms with Gasteiger partial charge >= 0.3 is 0 Å². The third-order valence-electron chi connectivity index (χ3n) is 4.48. The van der Waals surface area contributed by atoms with E-state index >= 15 is 0 Å². The first-order chi connectivity index (χ1) is 11.7. The molecule has 2 aromatic heterocycles. The number of pyridine rings is 1. The number of thioether (sulfide) groups is 1. The van der Waals surface area contributed by atoms with E-state index in [4.69, 9.17) is 0 Å². The highest BCUT2D eigenvalue weighted by Gasteiger charge is 2.24. The Morgan fingerprint density at radius 2 is 2.25 bits per heavy atom. The molecule has 3 heterocycles. The quantitative estimate of drug-likeness (QED) is 0.839. The number of rotatable bonds is 7. The Bertz CT molecular complexity index is 695. The molecule has 0 aromatic carbocycles. The zero-order valence-electron chi connectivity index (χ0n) is 14.3. The topological polar surface area (TPSA) is 50.2 Å². The van der Waals surface area contributed by atoms with E-state index < -0.39 is 0 Å². The molecule has 5 nitrogen and oxygen atoms in total. The van der Waals surface area contributed by atoms with Crippen molar-refractivity contribution in [2.45, 2.75) is 25.5 Å². The van der Waals surface area contributed by atoms with Gasteiger partial charge in [-0.3, -0.25) is 9.78 Å². The summed E-state index contributed by atoms with van der Waals surface area (Å²) in [5, 5.41) is 3.07. The van der Waals surface area contributed by atoms with Crippen LogP contribution in [-0.2, 0) is 11.6 Å². The summed E-state index contributed by atoms with van der Waals surface area (Å²) in [5.41, 5.74) is 4.07. The van der Waals surface area contributed by atoms with Crippen molar-refractivity contribution in [1.29, 1.82) is 0 Å². The molecule has 0 spiro atoms. The fraction of sp³-hybridized carbons (Fsp3) is 0.444. The summed E-state index contributed by atoms with van der Waals surface area (Å²) in [6.45, 7) is 7.87. The Morgan fingerprint density at radius 1 is 1.42 bits per heavy atom. The van der Waals surface area contributed by atoms with Gasteiger partial charge in [0.1, 0.15) is 0 Å². The lowest BCUT2D eigenvalue weighted by Gasteiger charge is -2.17. The minimum Gasteiger partial charge on any atom is -0.351 e. The maximum Gasteiger partial charge on any atom is 0.253 e. The second-order valence-electron chi connectivity index (χ2n) is 5.82. The molecule has 0 radical (unpaired) electrons. The van der Waals surface area contributed by atoms with E-state index in [2.05, 4.69) is 33.6 Å². The Morgan fingerprint density at radius 3 is 2.96 bits per heavy atom. The van der Waals surface area contributed by atoms with E-state index in [9.17, 15) is 4.79 Å². The first-order valence-electron chi connectivity index (χ1n) is 8.45. The van der Waals surface area contributed by atoms with Crippen molar-refractivity contribution in [3.8, 4) is 11.3 Å². The zero-order valence-corrected chi connectivity index (χ0v) is 15.1. The van der Waals surface area contributed by atoms with Gasteiger partial charge in [0.2, 0.25) is 0 Å². The molecule has 0 atom stereocenters. The fourth-order valence-electron chi connectivity index (χ4n) is 3.04. The minimum atomic E-state index is 0.0311. The molecule has 0 aliphatic carbocycles. The van der Waals surface area contributed by atoms with Crippen molar-refractivity contribution in [3.63, 3.8) is 0 Å². The number of fused-ring (bicyclic) bond motifs is 1. The van der Waals surface area contributed by atoms with Crippen LogP contribution in [0.15, 0.2) is 30.6 Å². The molecule has 0 saturated heterocycles. The number of amides is 1. The summed E-state index contributed by atoms with van der Waals surface area (Å²) in [5.74, 6) is 1.81.